The molecule has 1 saturated carbocycles. The Morgan fingerprint density at radius 1 is 1.50 bits per heavy atom. The number of methoxy groups -OCH3 is 1. The highest BCUT2D eigenvalue weighted by Crippen LogP contribution is 2.54. The Morgan fingerprint density at radius 3 is 2.75 bits per heavy atom. The molecule has 0 spiro atoms. The van der Waals surface area contributed by atoms with E-state index in [4.69, 9.17) is 4.74 Å². The van der Waals surface area contributed by atoms with Crippen LogP contribution in [0.3, 0.4) is 0 Å². The Bertz CT molecular complexity index is 361. The molecular formula is C13H19NO2. The van der Waals surface area contributed by atoms with E-state index in [1.165, 1.54) is 5.56 Å². The van der Waals surface area contributed by atoms with Crippen LogP contribution in [0.15, 0.2) is 24.3 Å². The van der Waals surface area contributed by atoms with Crippen LogP contribution in [0, 0.1) is 5.41 Å². The molecule has 1 aliphatic carbocycles. The first-order valence-electron chi connectivity index (χ1n) is 5.68. The summed E-state index contributed by atoms with van der Waals surface area (Å²) in [6.45, 7) is 0.246. The fourth-order valence-electron chi connectivity index (χ4n) is 2.35. The zero-order chi connectivity index (χ0) is 11.6. The van der Waals surface area contributed by atoms with Crippen molar-refractivity contribution in [2.75, 3.05) is 20.8 Å². The van der Waals surface area contributed by atoms with Crippen LogP contribution in [0.5, 0.6) is 5.75 Å². The number of rotatable bonds is 5. The summed E-state index contributed by atoms with van der Waals surface area (Å²) in [6, 6.07) is 8.27. The maximum Gasteiger partial charge on any atom is 0.119 e. The zero-order valence-electron chi connectivity index (χ0n) is 9.86. The average molecular weight is 221 g/mol. The van der Waals surface area contributed by atoms with Gasteiger partial charge in [0.25, 0.3) is 0 Å². The zero-order valence-corrected chi connectivity index (χ0v) is 9.86. The molecule has 3 heteroatoms. The molecule has 0 saturated heterocycles. The van der Waals surface area contributed by atoms with Gasteiger partial charge in [0.05, 0.1) is 13.7 Å². The van der Waals surface area contributed by atoms with Gasteiger partial charge < -0.3 is 15.2 Å². The fraction of sp³-hybridized carbons (Fsp3) is 0.538. The highest BCUT2D eigenvalue weighted by atomic mass is 16.5. The van der Waals surface area contributed by atoms with Crippen LogP contribution in [-0.4, -0.2) is 25.9 Å². The summed E-state index contributed by atoms with van der Waals surface area (Å²) in [7, 11) is 3.62. The first kappa shape index (κ1) is 11.4. The van der Waals surface area contributed by atoms with Gasteiger partial charge in [-0.2, -0.15) is 0 Å². The summed E-state index contributed by atoms with van der Waals surface area (Å²) < 4.78 is 5.23. The molecule has 0 aromatic heterocycles. The van der Waals surface area contributed by atoms with Crippen LogP contribution in [0.25, 0.3) is 0 Å². The molecule has 1 atom stereocenters. The third-order valence-electron chi connectivity index (χ3n) is 3.54. The van der Waals surface area contributed by atoms with Crippen molar-refractivity contribution in [1.29, 1.82) is 0 Å². The van der Waals surface area contributed by atoms with E-state index in [0.717, 1.165) is 18.6 Å². The Balaban J connectivity index is 2.26. The van der Waals surface area contributed by atoms with Gasteiger partial charge in [0.15, 0.2) is 0 Å². The monoisotopic (exact) mass is 221 g/mol. The van der Waals surface area contributed by atoms with Crippen LogP contribution in [0.1, 0.15) is 24.4 Å². The Labute approximate surface area is 96.4 Å². The van der Waals surface area contributed by atoms with Gasteiger partial charge in [-0.15, -0.1) is 0 Å². The second kappa shape index (κ2) is 4.44. The third kappa shape index (κ3) is 1.93. The van der Waals surface area contributed by atoms with Gasteiger partial charge in [-0.3, -0.25) is 0 Å². The summed E-state index contributed by atoms with van der Waals surface area (Å²) >= 11 is 0. The van der Waals surface area contributed by atoms with Crippen molar-refractivity contribution >= 4 is 0 Å². The van der Waals surface area contributed by atoms with Gasteiger partial charge in [-0.05, 0) is 37.6 Å². The quantitative estimate of drug-likeness (QED) is 0.795. The summed E-state index contributed by atoms with van der Waals surface area (Å²) in [5.74, 6) is 0.867. The normalized spacial score (nSPS) is 19.2. The summed E-state index contributed by atoms with van der Waals surface area (Å²) in [4.78, 5) is 0. The lowest BCUT2D eigenvalue weighted by atomic mass is 9.91. The summed E-state index contributed by atoms with van der Waals surface area (Å²) in [5.41, 5.74) is 1.23. The topological polar surface area (TPSA) is 41.5 Å². The predicted octanol–water partition coefficient (Wildman–Crippen LogP) is 1.73. The lowest BCUT2D eigenvalue weighted by Crippen LogP contribution is -2.29. The molecule has 0 bridgehead atoms. The molecule has 0 heterocycles. The van der Waals surface area contributed by atoms with Crippen LogP contribution < -0.4 is 10.1 Å². The van der Waals surface area contributed by atoms with Crippen LogP contribution in [-0.2, 0) is 0 Å². The average Bonchev–Trinajstić information content (AvgIpc) is 3.11. The standard InChI is InChI=1S/C13H19NO2/c1-14-12(13(9-15)6-7-13)10-4-3-5-11(8-10)16-2/h3-5,8,12,14-15H,6-7,9H2,1-2H3. The summed E-state index contributed by atoms with van der Waals surface area (Å²) in [5, 5.41) is 12.8. The van der Waals surface area contributed by atoms with Crippen LogP contribution in [0.2, 0.25) is 0 Å². The van der Waals surface area contributed by atoms with Crippen LogP contribution >= 0.6 is 0 Å². The molecule has 1 unspecified atom stereocenters. The number of ether oxygens (including phenoxy) is 1. The van der Waals surface area contributed by atoms with Crippen LogP contribution in [0.4, 0.5) is 0 Å². The van der Waals surface area contributed by atoms with Crippen molar-refractivity contribution < 1.29 is 9.84 Å². The molecule has 1 aliphatic rings. The number of nitrogens with one attached hydrogen (secondary N) is 1. The van der Waals surface area contributed by atoms with Crippen molar-refractivity contribution in [3.8, 4) is 5.75 Å². The van der Waals surface area contributed by atoms with Gasteiger partial charge in [0.2, 0.25) is 0 Å². The molecule has 16 heavy (non-hydrogen) atoms. The lowest BCUT2D eigenvalue weighted by molar-refractivity contribution is 0.175. The van der Waals surface area contributed by atoms with Crippen molar-refractivity contribution in [2.45, 2.75) is 18.9 Å². The fourth-order valence-corrected chi connectivity index (χ4v) is 2.35. The molecule has 3 nitrogen and oxygen atoms in total. The van der Waals surface area contributed by atoms with E-state index in [-0.39, 0.29) is 18.1 Å². The molecule has 0 radical (unpaired) electrons. The second-order valence-electron chi connectivity index (χ2n) is 4.52. The minimum atomic E-state index is 0.0428. The number of aliphatic hydroxyl groups is 1. The van der Waals surface area contributed by atoms with E-state index in [0.29, 0.717) is 0 Å². The first-order valence-corrected chi connectivity index (χ1v) is 5.68. The minimum Gasteiger partial charge on any atom is -0.497 e. The second-order valence-corrected chi connectivity index (χ2v) is 4.52. The Hall–Kier alpha value is -1.06. The number of hydrogen-bond acceptors (Lipinski definition) is 3. The first-order chi connectivity index (χ1) is 7.75. The minimum absolute atomic E-state index is 0.0428. The van der Waals surface area contributed by atoms with Crippen molar-refractivity contribution in [3.05, 3.63) is 29.8 Å². The molecule has 88 valence electrons. The lowest BCUT2D eigenvalue weighted by Gasteiger charge is -2.25. The highest BCUT2D eigenvalue weighted by molar-refractivity contribution is 5.32. The van der Waals surface area contributed by atoms with Gasteiger partial charge in [-0.25, -0.2) is 0 Å². The molecule has 2 rings (SSSR count). The maximum atomic E-state index is 9.47. The van der Waals surface area contributed by atoms with E-state index >= 15 is 0 Å². The number of benzene rings is 1. The van der Waals surface area contributed by atoms with E-state index in [2.05, 4.69) is 11.4 Å². The summed E-state index contributed by atoms with van der Waals surface area (Å²) in [6.07, 6.45) is 2.18. The Kier molecular flexibility index (Phi) is 3.17. The van der Waals surface area contributed by atoms with Crippen molar-refractivity contribution in [2.24, 2.45) is 5.41 Å². The number of hydrogen-bond donors (Lipinski definition) is 2. The Morgan fingerprint density at radius 2 is 2.25 bits per heavy atom. The SMILES string of the molecule is CNC(c1cccc(OC)c1)C1(CO)CC1. The van der Waals surface area contributed by atoms with Gasteiger partial charge >= 0.3 is 0 Å². The molecule has 1 aromatic rings. The molecule has 0 aliphatic heterocycles. The van der Waals surface area contributed by atoms with E-state index in [1.807, 2.05) is 25.2 Å². The number of aliphatic hydroxyl groups excluding tert-OH is 1. The van der Waals surface area contributed by atoms with E-state index < -0.39 is 0 Å². The van der Waals surface area contributed by atoms with Gasteiger partial charge in [0.1, 0.15) is 5.75 Å². The molecule has 1 aromatic carbocycles. The smallest absolute Gasteiger partial charge is 0.119 e. The third-order valence-corrected chi connectivity index (χ3v) is 3.54. The van der Waals surface area contributed by atoms with Gasteiger partial charge in [-0.1, -0.05) is 12.1 Å². The molecule has 2 N–H and O–H groups in total. The maximum absolute atomic E-state index is 9.47. The van der Waals surface area contributed by atoms with Crippen molar-refractivity contribution in [3.63, 3.8) is 0 Å². The van der Waals surface area contributed by atoms with E-state index in [9.17, 15) is 5.11 Å². The van der Waals surface area contributed by atoms with Gasteiger partial charge in [0, 0.05) is 11.5 Å². The highest BCUT2D eigenvalue weighted by Gasteiger charge is 2.48. The molecule has 0 amide bonds. The largest absolute Gasteiger partial charge is 0.497 e. The predicted molar refractivity (Wildman–Crippen MR) is 63.5 cm³/mol. The van der Waals surface area contributed by atoms with E-state index in [1.54, 1.807) is 7.11 Å². The molecular weight excluding hydrogens is 202 g/mol. The molecule has 1 fully saturated rings. The van der Waals surface area contributed by atoms with Crippen molar-refractivity contribution in [1.82, 2.24) is 5.32 Å².